The Morgan fingerprint density at radius 2 is 2.02 bits per heavy atom. The summed E-state index contributed by atoms with van der Waals surface area (Å²) >= 11 is 0. The molecule has 1 aliphatic rings. The number of anilines is 3. The third kappa shape index (κ3) is 5.75. The van der Waals surface area contributed by atoms with Gasteiger partial charge in [-0.25, -0.2) is 9.97 Å². The molecular weight excluding hydrogens is 520 g/mol. The van der Waals surface area contributed by atoms with Gasteiger partial charge in [0.2, 0.25) is 11.9 Å². The molecule has 0 radical (unpaired) electrons. The Bertz CT molecular complexity index is 1620. The van der Waals surface area contributed by atoms with Gasteiger partial charge in [0.15, 0.2) is 5.65 Å². The van der Waals surface area contributed by atoms with Gasteiger partial charge in [0.25, 0.3) is 5.56 Å². The van der Waals surface area contributed by atoms with Crippen LogP contribution in [-0.2, 0) is 4.79 Å². The first-order chi connectivity index (χ1) is 19.9. The molecule has 3 heterocycles. The van der Waals surface area contributed by atoms with E-state index in [2.05, 4.69) is 32.1 Å². The zero-order chi connectivity index (χ0) is 28.9. The number of nitrogens with one attached hydrogen (secondary N) is 2. The molecule has 0 aliphatic carbocycles. The second kappa shape index (κ2) is 12.2. The van der Waals surface area contributed by atoms with E-state index in [0.717, 1.165) is 24.5 Å². The molecule has 5 rings (SSSR count). The Balaban J connectivity index is 1.54. The van der Waals surface area contributed by atoms with E-state index >= 15 is 0 Å². The lowest BCUT2D eigenvalue weighted by atomic mass is 10.1. The highest BCUT2D eigenvalue weighted by atomic mass is 16.5. The van der Waals surface area contributed by atoms with E-state index in [1.54, 1.807) is 22.8 Å². The number of hydrogen-bond acceptors (Lipinski definition) is 9. The van der Waals surface area contributed by atoms with Crippen molar-refractivity contribution in [1.29, 1.82) is 0 Å². The fraction of sp³-hybridized carbons (Fsp3) is 0.300. The lowest BCUT2D eigenvalue weighted by molar-refractivity contribution is -0.125. The molecule has 212 valence electrons. The number of nitrogens with zero attached hydrogens (tertiary/aromatic N) is 6. The number of hydrogen-bond donors (Lipinski definition) is 2. The van der Waals surface area contributed by atoms with Crippen molar-refractivity contribution in [3.63, 3.8) is 0 Å². The van der Waals surface area contributed by atoms with E-state index in [1.807, 2.05) is 62.6 Å². The smallest absolute Gasteiger partial charge is 0.279 e. The van der Waals surface area contributed by atoms with E-state index in [0.29, 0.717) is 53.6 Å². The Morgan fingerprint density at radius 3 is 2.76 bits per heavy atom. The molecule has 2 aromatic carbocycles. The summed E-state index contributed by atoms with van der Waals surface area (Å²) in [5, 5.41) is 6.40. The summed E-state index contributed by atoms with van der Waals surface area (Å²) < 4.78 is 7.31. The number of methoxy groups -OCH3 is 1. The van der Waals surface area contributed by atoms with Gasteiger partial charge in [0.1, 0.15) is 17.0 Å². The van der Waals surface area contributed by atoms with Crippen molar-refractivity contribution in [1.82, 2.24) is 29.7 Å². The van der Waals surface area contributed by atoms with E-state index in [1.165, 1.54) is 6.08 Å². The van der Waals surface area contributed by atoms with Crippen LogP contribution in [0.5, 0.6) is 5.75 Å². The Kier molecular flexibility index (Phi) is 8.25. The van der Waals surface area contributed by atoms with Gasteiger partial charge in [0.05, 0.1) is 25.0 Å². The highest BCUT2D eigenvalue weighted by Crippen LogP contribution is 2.32. The van der Waals surface area contributed by atoms with E-state index < -0.39 is 0 Å². The van der Waals surface area contributed by atoms with Crippen molar-refractivity contribution in [2.45, 2.75) is 12.5 Å². The minimum absolute atomic E-state index is 0.159. The van der Waals surface area contributed by atoms with Gasteiger partial charge in [-0.2, -0.15) is 4.98 Å². The standard InChI is InChI=1S/C30H34N8O3/c1-5-26(39)37-15-13-22(19-37)38-28-23(34-27(29(38)40)20-9-7-6-8-10-20)18-32-30(35-28)33-21-11-12-24(25(17-21)41-4)36(3)16-14-31-2/h5-12,17-18,22,31H,1,13-16,19H2,2-4H3,(H,32,33,35)/t22-/m0/s1. The molecule has 2 aromatic heterocycles. The minimum atomic E-state index is -0.269. The lowest BCUT2D eigenvalue weighted by Gasteiger charge is -2.22. The molecule has 0 unspecified atom stereocenters. The van der Waals surface area contributed by atoms with Crippen LogP contribution in [0, 0.1) is 0 Å². The number of likely N-dealkylation sites (tertiary alicyclic amines) is 1. The van der Waals surface area contributed by atoms with Crippen molar-refractivity contribution in [2.75, 3.05) is 57.6 Å². The molecule has 1 fully saturated rings. The molecule has 11 heteroatoms. The molecule has 2 N–H and O–H groups in total. The number of rotatable bonds is 10. The average Bonchev–Trinajstić information content (AvgIpc) is 3.49. The van der Waals surface area contributed by atoms with Crippen molar-refractivity contribution in [2.24, 2.45) is 0 Å². The zero-order valence-electron chi connectivity index (χ0n) is 23.5. The average molecular weight is 555 g/mol. The largest absolute Gasteiger partial charge is 0.495 e. The van der Waals surface area contributed by atoms with E-state index in [4.69, 9.17) is 9.72 Å². The number of ether oxygens (including phenoxy) is 1. The molecule has 11 nitrogen and oxygen atoms in total. The molecule has 1 aliphatic heterocycles. The fourth-order valence-corrected chi connectivity index (χ4v) is 5.07. The molecule has 0 bridgehead atoms. The third-order valence-corrected chi connectivity index (χ3v) is 7.24. The van der Waals surface area contributed by atoms with Gasteiger partial charge in [-0.15, -0.1) is 0 Å². The third-order valence-electron chi connectivity index (χ3n) is 7.24. The van der Waals surface area contributed by atoms with Gasteiger partial charge in [-0.05, 0) is 31.7 Å². The first-order valence-electron chi connectivity index (χ1n) is 13.5. The fourth-order valence-electron chi connectivity index (χ4n) is 5.07. The maximum Gasteiger partial charge on any atom is 0.279 e. The lowest BCUT2D eigenvalue weighted by Crippen LogP contribution is -2.32. The molecule has 4 aromatic rings. The predicted molar refractivity (Wildman–Crippen MR) is 161 cm³/mol. The highest BCUT2D eigenvalue weighted by Gasteiger charge is 2.30. The summed E-state index contributed by atoms with van der Waals surface area (Å²) in [6.07, 6.45) is 3.53. The molecule has 1 amide bonds. The molecular formula is C30H34N8O3. The molecule has 1 saturated heterocycles. The predicted octanol–water partition coefficient (Wildman–Crippen LogP) is 3.22. The number of fused-ring (bicyclic) bond motifs is 1. The Morgan fingerprint density at radius 1 is 1.22 bits per heavy atom. The number of carbonyl (C=O) groups is 1. The van der Waals surface area contributed by atoms with Crippen molar-refractivity contribution < 1.29 is 9.53 Å². The van der Waals surface area contributed by atoms with Crippen molar-refractivity contribution in [3.05, 3.63) is 77.7 Å². The Hall–Kier alpha value is -4.77. The van der Waals surface area contributed by atoms with Crippen LogP contribution in [0.3, 0.4) is 0 Å². The van der Waals surface area contributed by atoms with Crippen molar-refractivity contribution in [3.8, 4) is 17.0 Å². The molecule has 41 heavy (non-hydrogen) atoms. The van der Waals surface area contributed by atoms with Crippen LogP contribution in [-0.4, -0.2) is 77.7 Å². The monoisotopic (exact) mass is 554 g/mol. The summed E-state index contributed by atoms with van der Waals surface area (Å²) in [5.74, 6) is 0.863. The summed E-state index contributed by atoms with van der Waals surface area (Å²) in [6, 6.07) is 14.9. The Labute approximate surface area is 238 Å². The number of benzene rings is 2. The first-order valence-corrected chi connectivity index (χ1v) is 13.5. The quantitative estimate of drug-likeness (QED) is 0.285. The van der Waals surface area contributed by atoms with Gasteiger partial charge < -0.3 is 25.2 Å². The van der Waals surface area contributed by atoms with Crippen LogP contribution in [0.25, 0.3) is 22.4 Å². The van der Waals surface area contributed by atoms with Crippen molar-refractivity contribution >= 4 is 34.4 Å². The summed E-state index contributed by atoms with van der Waals surface area (Å²) in [6.45, 7) is 6.17. The van der Waals surface area contributed by atoms with E-state index in [-0.39, 0.29) is 17.5 Å². The first kappa shape index (κ1) is 27.8. The normalized spacial score (nSPS) is 14.7. The number of aromatic nitrogens is 4. The van der Waals surface area contributed by atoms with Crippen LogP contribution in [0.1, 0.15) is 12.5 Å². The highest BCUT2D eigenvalue weighted by molar-refractivity contribution is 5.87. The van der Waals surface area contributed by atoms with E-state index in [9.17, 15) is 9.59 Å². The topological polar surface area (TPSA) is 118 Å². The van der Waals surface area contributed by atoms with Crippen LogP contribution < -0.4 is 25.8 Å². The van der Waals surface area contributed by atoms with Gasteiger partial charge in [-0.3, -0.25) is 14.2 Å². The van der Waals surface area contributed by atoms with Crippen LogP contribution >= 0.6 is 0 Å². The zero-order valence-corrected chi connectivity index (χ0v) is 23.5. The number of carbonyl (C=O) groups excluding carboxylic acids is 1. The maximum absolute atomic E-state index is 13.9. The van der Waals surface area contributed by atoms with Crippen LogP contribution in [0.4, 0.5) is 17.3 Å². The van der Waals surface area contributed by atoms with Gasteiger partial charge in [0, 0.05) is 50.5 Å². The van der Waals surface area contributed by atoms with Crippen LogP contribution in [0.15, 0.2) is 72.2 Å². The summed E-state index contributed by atoms with van der Waals surface area (Å²) in [7, 11) is 5.57. The minimum Gasteiger partial charge on any atom is -0.495 e. The van der Waals surface area contributed by atoms with Gasteiger partial charge in [-0.1, -0.05) is 36.9 Å². The molecule has 1 atom stereocenters. The SMILES string of the molecule is C=CC(=O)N1CC[C@H](n2c(=O)c(-c3ccccc3)nc3cnc(Nc4ccc(N(C)CCNC)c(OC)c4)nc32)C1. The number of amides is 1. The summed E-state index contributed by atoms with van der Waals surface area (Å²) in [4.78, 5) is 44.0. The summed E-state index contributed by atoms with van der Waals surface area (Å²) in [5.41, 5.74) is 3.35. The number of likely N-dealkylation sites (N-methyl/N-ethyl adjacent to an activating group) is 2. The van der Waals surface area contributed by atoms with Gasteiger partial charge >= 0.3 is 0 Å². The van der Waals surface area contributed by atoms with Crippen LogP contribution in [0.2, 0.25) is 0 Å². The molecule has 0 saturated carbocycles. The maximum atomic E-state index is 13.9. The second-order valence-corrected chi connectivity index (χ2v) is 9.87. The second-order valence-electron chi connectivity index (χ2n) is 9.87. The molecule has 0 spiro atoms.